The van der Waals surface area contributed by atoms with Crippen molar-refractivity contribution in [2.24, 2.45) is 0 Å². The molecule has 0 aliphatic heterocycles. The Morgan fingerprint density at radius 3 is 2.82 bits per heavy atom. The third kappa shape index (κ3) is 1.80. The third-order valence-corrected chi connectivity index (χ3v) is 3.53. The van der Waals surface area contributed by atoms with Gasteiger partial charge in [0.1, 0.15) is 6.20 Å². The van der Waals surface area contributed by atoms with Gasteiger partial charge in [0.05, 0.1) is 10.4 Å². The fourth-order valence-electron chi connectivity index (χ4n) is 2.12. The lowest BCUT2D eigenvalue weighted by atomic mass is 10.0. The normalized spacial score (nSPS) is 15.1. The van der Waals surface area contributed by atoms with Crippen LogP contribution in [0.2, 0.25) is 0 Å². The van der Waals surface area contributed by atoms with Gasteiger partial charge in [-0.15, -0.1) is 0 Å². The quantitative estimate of drug-likeness (QED) is 0.625. The van der Waals surface area contributed by atoms with Gasteiger partial charge in [-0.05, 0) is 37.0 Å². The van der Waals surface area contributed by atoms with Gasteiger partial charge >= 0.3 is 0 Å². The number of benzene rings is 1. The molecule has 1 heterocycles. The molecule has 0 atom stereocenters. The number of rotatable bonds is 2. The summed E-state index contributed by atoms with van der Waals surface area (Å²) in [7, 11) is 0. The van der Waals surface area contributed by atoms with Crippen LogP contribution in [0.25, 0.3) is 10.9 Å². The maximum Gasteiger partial charge on any atom is 0.291 e. The molecule has 0 N–H and O–H groups in total. The lowest BCUT2D eigenvalue weighted by Gasteiger charge is -2.06. The zero-order chi connectivity index (χ0) is 12.0. The van der Waals surface area contributed by atoms with E-state index < -0.39 is 0 Å². The van der Waals surface area contributed by atoms with Gasteiger partial charge in [-0.25, -0.2) is 4.98 Å². The number of pyridine rings is 1. The molecular weight excluding hydrogens is 284 g/mol. The number of aromatic nitrogens is 1. The van der Waals surface area contributed by atoms with Crippen LogP contribution in [0, 0.1) is 10.1 Å². The predicted octanol–water partition coefficient (Wildman–Crippen LogP) is 3.78. The standard InChI is InChI=1S/C12H9BrN2O2/c13-8-3-4-10-9(5-8)12(7-1-2-7)11(6-14-10)15(16)17/h3-7H,1-2H2. The predicted molar refractivity (Wildman–Crippen MR) is 68.1 cm³/mol. The number of fused-ring (bicyclic) bond motifs is 1. The van der Waals surface area contributed by atoms with E-state index in [2.05, 4.69) is 20.9 Å². The number of nitrogens with zero attached hydrogens (tertiary/aromatic N) is 2. The molecule has 0 radical (unpaired) electrons. The fourth-order valence-corrected chi connectivity index (χ4v) is 2.48. The number of halogens is 1. The second kappa shape index (κ2) is 3.77. The second-order valence-electron chi connectivity index (χ2n) is 4.25. The van der Waals surface area contributed by atoms with E-state index >= 15 is 0 Å². The minimum absolute atomic E-state index is 0.151. The fraction of sp³-hybridized carbons (Fsp3) is 0.250. The Kier molecular flexibility index (Phi) is 2.36. The first kappa shape index (κ1) is 10.7. The highest BCUT2D eigenvalue weighted by Gasteiger charge is 2.32. The van der Waals surface area contributed by atoms with Crippen LogP contribution < -0.4 is 0 Å². The van der Waals surface area contributed by atoms with Crippen LogP contribution in [0.15, 0.2) is 28.9 Å². The minimum atomic E-state index is -0.332. The lowest BCUT2D eigenvalue weighted by Crippen LogP contribution is -1.97. The van der Waals surface area contributed by atoms with Crippen LogP contribution in [-0.4, -0.2) is 9.91 Å². The number of hydrogen-bond acceptors (Lipinski definition) is 3. The molecule has 0 spiro atoms. The molecule has 0 bridgehead atoms. The highest BCUT2D eigenvalue weighted by molar-refractivity contribution is 9.10. The second-order valence-corrected chi connectivity index (χ2v) is 5.17. The highest BCUT2D eigenvalue weighted by atomic mass is 79.9. The average molecular weight is 293 g/mol. The van der Waals surface area contributed by atoms with Crippen LogP contribution in [-0.2, 0) is 0 Å². The van der Waals surface area contributed by atoms with Crippen molar-refractivity contribution in [3.05, 3.63) is 44.5 Å². The summed E-state index contributed by atoms with van der Waals surface area (Å²) in [5, 5.41) is 11.9. The molecule has 86 valence electrons. The topological polar surface area (TPSA) is 56.0 Å². The van der Waals surface area contributed by atoms with Gasteiger partial charge in [-0.3, -0.25) is 10.1 Å². The van der Waals surface area contributed by atoms with Gasteiger partial charge in [0.25, 0.3) is 5.69 Å². The molecule has 1 aliphatic rings. The van der Waals surface area contributed by atoms with Crippen molar-refractivity contribution in [2.45, 2.75) is 18.8 Å². The largest absolute Gasteiger partial charge is 0.291 e. The third-order valence-electron chi connectivity index (χ3n) is 3.03. The van der Waals surface area contributed by atoms with Crippen LogP contribution >= 0.6 is 15.9 Å². The summed E-state index contributed by atoms with van der Waals surface area (Å²) in [5.74, 6) is 0.329. The zero-order valence-electron chi connectivity index (χ0n) is 8.89. The molecule has 3 rings (SSSR count). The smallest absolute Gasteiger partial charge is 0.258 e. The first-order chi connectivity index (χ1) is 8.16. The van der Waals surface area contributed by atoms with E-state index in [0.717, 1.165) is 33.8 Å². The van der Waals surface area contributed by atoms with E-state index in [0.29, 0.717) is 5.92 Å². The highest BCUT2D eigenvalue weighted by Crippen LogP contribution is 2.47. The number of hydrogen-bond donors (Lipinski definition) is 0. The SMILES string of the molecule is O=[N+]([O-])c1cnc2ccc(Br)cc2c1C1CC1. The van der Waals surface area contributed by atoms with Crippen molar-refractivity contribution in [3.63, 3.8) is 0 Å². The molecule has 2 aromatic rings. The van der Waals surface area contributed by atoms with Crippen molar-refractivity contribution < 1.29 is 4.92 Å². The van der Waals surface area contributed by atoms with E-state index in [1.54, 1.807) is 0 Å². The van der Waals surface area contributed by atoms with E-state index in [4.69, 9.17) is 0 Å². The molecule has 4 nitrogen and oxygen atoms in total. The van der Waals surface area contributed by atoms with Gasteiger partial charge < -0.3 is 0 Å². The Morgan fingerprint density at radius 1 is 1.41 bits per heavy atom. The Hall–Kier alpha value is -1.49. The summed E-state index contributed by atoms with van der Waals surface area (Å²) in [6, 6.07) is 5.70. The molecule has 0 unspecified atom stereocenters. The Labute approximate surface area is 106 Å². The Bertz CT molecular complexity index is 623. The summed E-state index contributed by atoms with van der Waals surface area (Å²) >= 11 is 3.40. The van der Waals surface area contributed by atoms with E-state index in [9.17, 15) is 10.1 Å². The van der Waals surface area contributed by atoms with Gasteiger partial charge in [0.2, 0.25) is 0 Å². The van der Waals surface area contributed by atoms with E-state index in [1.807, 2.05) is 18.2 Å². The van der Waals surface area contributed by atoms with Crippen LogP contribution in [0.3, 0.4) is 0 Å². The molecule has 1 aromatic heterocycles. The van der Waals surface area contributed by atoms with E-state index in [-0.39, 0.29) is 10.6 Å². The molecule has 0 amide bonds. The Morgan fingerprint density at radius 2 is 2.18 bits per heavy atom. The summed E-state index contributed by atoms with van der Waals surface area (Å²) in [4.78, 5) is 14.9. The molecule has 17 heavy (non-hydrogen) atoms. The van der Waals surface area contributed by atoms with Crippen molar-refractivity contribution in [1.29, 1.82) is 0 Å². The zero-order valence-corrected chi connectivity index (χ0v) is 10.5. The first-order valence-electron chi connectivity index (χ1n) is 5.39. The monoisotopic (exact) mass is 292 g/mol. The van der Waals surface area contributed by atoms with Crippen LogP contribution in [0.1, 0.15) is 24.3 Å². The summed E-state index contributed by atoms with van der Waals surface area (Å²) in [5.41, 5.74) is 1.82. The van der Waals surface area contributed by atoms with E-state index in [1.165, 1.54) is 6.20 Å². The van der Waals surface area contributed by atoms with Crippen LogP contribution in [0.4, 0.5) is 5.69 Å². The van der Waals surface area contributed by atoms with Crippen LogP contribution in [0.5, 0.6) is 0 Å². The van der Waals surface area contributed by atoms with Crippen molar-refractivity contribution >= 4 is 32.5 Å². The minimum Gasteiger partial charge on any atom is -0.258 e. The van der Waals surface area contributed by atoms with Gasteiger partial charge in [0.15, 0.2) is 0 Å². The first-order valence-corrected chi connectivity index (χ1v) is 6.18. The van der Waals surface area contributed by atoms with Crippen molar-refractivity contribution in [1.82, 2.24) is 4.98 Å². The van der Waals surface area contributed by atoms with Crippen molar-refractivity contribution in [3.8, 4) is 0 Å². The summed E-state index contributed by atoms with van der Waals surface area (Å²) in [6.07, 6.45) is 3.45. The molecular formula is C12H9BrN2O2. The lowest BCUT2D eigenvalue weighted by molar-refractivity contribution is -0.385. The average Bonchev–Trinajstić information content (AvgIpc) is 3.11. The summed E-state index contributed by atoms with van der Waals surface area (Å²) in [6.45, 7) is 0. The van der Waals surface area contributed by atoms with Gasteiger partial charge in [-0.1, -0.05) is 15.9 Å². The van der Waals surface area contributed by atoms with Gasteiger partial charge in [-0.2, -0.15) is 0 Å². The molecule has 5 heteroatoms. The summed E-state index contributed by atoms with van der Waals surface area (Å²) < 4.78 is 0.925. The molecule has 1 aromatic carbocycles. The Balaban J connectivity index is 2.36. The molecule has 1 saturated carbocycles. The maximum atomic E-state index is 11.0. The molecule has 1 fully saturated rings. The van der Waals surface area contributed by atoms with Crippen molar-refractivity contribution in [2.75, 3.05) is 0 Å². The van der Waals surface area contributed by atoms with Gasteiger partial charge in [0, 0.05) is 15.4 Å². The molecule has 1 aliphatic carbocycles. The molecule has 0 saturated heterocycles. The maximum absolute atomic E-state index is 11.0. The number of nitro groups is 1.